The van der Waals surface area contributed by atoms with Gasteiger partial charge in [-0.2, -0.15) is 0 Å². The van der Waals surface area contributed by atoms with Gasteiger partial charge in [0.15, 0.2) is 17.3 Å². The van der Waals surface area contributed by atoms with Crippen molar-refractivity contribution >= 4 is 28.2 Å². The van der Waals surface area contributed by atoms with E-state index in [1.165, 1.54) is 28.0 Å². The van der Waals surface area contributed by atoms with Gasteiger partial charge < -0.3 is 14.7 Å². The van der Waals surface area contributed by atoms with Crippen LogP contribution in [0.25, 0.3) is 0 Å². The Morgan fingerprint density at radius 3 is 2.96 bits per heavy atom. The van der Waals surface area contributed by atoms with Crippen LogP contribution in [-0.2, 0) is 0 Å². The van der Waals surface area contributed by atoms with Crippen LogP contribution in [0, 0.1) is 10.1 Å². The molecule has 2 heterocycles. The van der Waals surface area contributed by atoms with Gasteiger partial charge in [-0.25, -0.2) is 9.69 Å². The van der Waals surface area contributed by atoms with Gasteiger partial charge in [-0.1, -0.05) is 23.5 Å². The predicted molar refractivity (Wildman–Crippen MR) is 97.7 cm³/mol. The van der Waals surface area contributed by atoms with Gasteiger partial charge in [0.25, 0.3) is 5.69 Å². The number of non-ortho nitro benzene ring substituents is 1. The van der Waals surface area contributed by atoms with Gasteiger partial charge in [-0.05, 0) is 6.07 Å². The largest absolute Gasteiger partial charge is 0.483 e. The Morgan fingerprint density at radius 1 is 1.56 bits per heavy atom. The van der Waals surface area contributed by atoms with Gasteiger partial charge in [-0.3, -0.25) is 10.1 Å². The first-order chi connectivity index (χ1) is 12.9. The van der Waals surface area contributed by atoms with Gasteiger partial charge in [0, 0.05) is 19.5 Å². The molecule has 3 rings (SSSR count). The maximum Gasteiger partial charge on any atom is 0.328 e. The van der Waals surface area contributed by atoms with E-state index in [9.17, 15) is 20.0 Å². The van der Waals surface area contributed by atoms with Crippen molar-refractivity contribution in [2.75, 3.05) is 18.5 Å². The quantitative estimate of drug-likeness (QED) is 0.437. The number of aliphatic hydroxyl groups excluding tert-OH is 1. The van der Waals surface area contributed by atoms with Crippen molar-refractivity contribution < 1.29 is 19.6 Å². The molecule has 1 N–H and O–H groups in total. The minimum absolute atomic E-state index is 0.0865. The van der Waals surface area contributed by atoms with Crippen molar-refractivity contribution in [3.05, 3.63) is 52.0 Å². The lowest BCUT2D eigenvalue weighted by Crippen LogP contribution is -2.34. The number of aliphatic hydroxyl groups is 1. The van der Waals surface area contributed by atoms with Crippen LogP contribution < -0.4 is 9.64 Å². The molecule has 11 heteroatoms. The van der Waals surface area contributed by atoms with Crippen LogP contribution in [0.2, 0.25) is 0 Å². The fraction of sp³-hybridized carbons (Fsp3) is 0.312. The third-order valence-electron chi connectivity index (χ3n) is 3.87. The molecular formula is C16H17N5O5S. The number of benzene rings is 1. The summed E-state index contributed by atoms with van der Waals surface area (Å²) in [5, 5.41) is 29.7. The standard InChI is InChI=1S/C16H17N5O5S/c1-3-5-12(26-11-7-4-6-10(8-11)21(24)25)14-17-18-15(27-14)20-13(22)9-19(2)16(20)23/h3-4,6-8,12-13,22H,1,5,9H2,2H3. The molecule has 2 amide bonds. The van der Waals surface area contributed by atoms with Gasteiger partial charge >= 0.3 is 6.03 Å². The summed E-state index contributed by atoms with van der Waals surface area (Å²) in [4.78, 5) is 25.1. The SMILES string of the molecule is C=CCC(Oc1cccc([N+](=O)[O-])c1)c1nnc(N2C(=O)N(C)CC2O)s1. The number of amides is 2. The molecule has 27 heavy (non-hydrogen) atoms. The average Bonchev–Trinajstić information content (AvgIpc) is 3.19. The Balaban J connectivity index is 1.83. The van der Waals surface area contributed by atoms with Crippen molar-refractivity contribution in [1.82, 2.24) is 15.1 Å². The number of urea groups is 1. The third-order valence-corrected chi connectivity index (χ3v) is 4.88. The first-order valence-corrected chi connectivity index (χ1v) is 8.80. The number of likely N-dealkylation sites (N-methyl/N-ethyl adjacent to an activating group) is 1. The second-order valence-electron chi connectivity index (χ2n) is 5.82. The molecule has 1 aromatic heterocycles. The second-order valence-corrected chi connectivity index (χ2v) is 6.81. The van der Waals surface area contributed by atoms with E-state index in [0.717, 1.165) is 11.3 Å². The van der Waals surface area contributed by atoms with Crippen LogP contribution in [0.3, 0.4) is 0 Å². The van der Waals surface area contributed by atoms with Crippen molar-refractivity contribution in [2.24, 2.45) is 0 Å². The lowest BCUT2D eigenvalue weighted by atomic mass is 10.2. The summed E-state index contributed by atoms with van der Waals surface area (Å²) in [6, 6.07) is 5.45. The summed E-state index contributed by atoms with van der Waals surface area (Å²) in [6.45, 7) is 3.86. The highest BCUT2D eigenvalue weighted by Crippen LogP contribution is 2.33. The third kappa shape index (κ3) is 3.88. The Morgan fingerprint density at radius 2 is 2.33 bits per heavy atom. The van der Waals surface area contributed by atoms with Crippen LogP contribution in [0.5, 0.6) is 5.75 Å². The summed E-state index contributed by atoms with van der Waals surface area (Å²) in [5.74, 6) is 0.310. The Bertz CT molecular complexity index is 872. The van der Waals surface area contributed by atoms with E-state index in [4.69, 9.17) is 4.74 Å². The molecule has 0 aliphatic carbocycles. The average molecular weight is 391 g/mol. The number of nitro benzene ring substituents is 1. The first-order valence-electron chi connectivity index (χ1n) is 7.98. The highest BCUT2D eigenvalue weighted by molar-refractivity contribution is 7.15. The maximum absolute atomic E-state index is 12.1. The van der Waals surface area contributed by atoms with Crippen LogP contribution in [0.1, 0.15) is 17.5 Å². The van der Waals surface area contributed by atoms with E-state index in [0.29, 0.717) is 17.2 Å². The molecule has 1 saturated heterocycles. The second kappa shape index (κ2) is 7.68. The lowest BCUT2D eigenvalue weighted by molar-refractivity contribution is -0.385. The number of nitrogens with zero attached hydrogens (tertiary/aromatic N) is 5. The van der Waals surface area contributed by atoms with Crippen LogP contribution in [0.4, 0.5) is 15.6 Å². The number of aromatic nitrogens is 2. The van der Waals surface area contributed by atoms with Crippen LogP contribution in [0.15, 0.2) is 36.9 Å². The number of nitro groups is 1. The number of carbonyl (C=O) groups is 1. The summed E-state index contributed by atoms with van der Waals surface area (Å²) in [5.41, 5.74) is -0.0865. The zero-order valence-corrected chi connectivity index (χ0v) is 15.2. The van der Waals surface area contributed by atoms with Crippen LogP contribution >= 0.6 is 11.3 Å². The summed E-state index contributed by atoms with van der Waals surface area (Å²) in [7, 11) is 1.58. The number of anilines is 1. The molecule has 1 aromatic carbocycles. The molecule has 2 unspecified atom stereocenters. The molecule has 0 bridgehead atoms. The number of rotatable bonds is 7. The molecule has 0 radical (unpaired) electrons. The maximum atomic E-state index is 12.1. The van der Waals surface area contributed by atoms with E-state index in [2.05, 4.69) is 16.8 Å². The van der Waals surface area contributed by atoms with Crippen molar-refractivity contribution in [2.45, 2.75) is 18.8 Å². The van der Waals surface area contributed by atoms with Crippen LogP contribution in [-0.4, -0.2) is 51.0 Å². The van der Waals surface area contributed by atoms with Crippen molar-refractivity contribution in [1.29, 1.82) is 0 Å². The Labute approximate surface area is 158 Å². The number of hydrogen-bond acceptors (Lipinski definition) is 8. The fourth-order valence-electron chi connectivity index (χ4n) is 2.56. The minimum Gasteiger partial charge on any atom is -0.483 e. The zero-order chi connectivity index (χ0) is 19.6. The number of hydrogen-bond donors (Lipinski definition) is 1. The van der Waals surface area contributed by atoms with Gasteiger partial charge in [-0.15, -0.1) is 16.8 Å². The normalized spacial score (nSPS) is 17.9. The van der Waals surface area contributed by atoms with E-state index in [1.807, 2.05) is 0 Å². The van der Waals surface area contributed by atoms with Gasteiger partial charge in [0.05, 0.1) is 17.5 Å². The molecule has 1 aliphatic heterocycles. The van der Waals surface area contributed by atoms with E-state index in [1.54, 1.807) is 19.2 Å². The molecule has 1 aliphatic rings. The smallest absolute Gasteiger partial charge is 0.328 e. The highest BCUT2D eigenvalue weighted by Gasteiger charge is 2.37. The molecule has 0 saturated carbocycles. The molecule has 10 nitrogen and oxygen atoms in total. The fourth-order valence-corrected chi connectivity index (χ4v) is 3.49. The van der Waals surface area contributed by atoms with E-state index < -0.39 is 17.3 Å². The minimum atomic E-state index is -1.00. The molecular weight excluding hydrogens is 374 g/mol. The number of β-amino-alcohol motifs (C(OH)–C–C–N with tert-alkyl or cyclic N) is 1. The van der Waals surface area contributed by atoms with E-state index in [-0.39, 0.29) is 23.4 Å². The molecule has 2 aromatic rings. The number of ether oxygens (including phenoxy) is 1. The zero-order valence-electron chi connectivity index (χ0n) is 14.4. The Hall–Kier alpha value is -3.05. The lowest BCUT2D eigenvalue weighted by Gasteiger charge is -2.16. The van der Waals surface area contributed by atoms with Gasteiger partial charge in [0.1, 0.15) is 5.75 Å². The van der Waals surface area contributed by atoms with E-state index >= 15 is 0 Å². The van der Waals surface area contributed by atoms with Gasteiger partial charge in [0.2, 0.25) is 5.13 Å². The summed E-state index contributed by atoms with van der Waals surface area (Å²) in [6.07, 6.45) is 0.433. The van der Waals surface area contributed by atoms with Crippen molar-refractivity contribution in [3.8, 4) is 5.75 Å². The molecule has 2 atom stereocenters. The summed E-state index contributed by atoms with van der Waals surface area (Å²) >= 11 is 1.11. The molecule has 142 valence electrons. The number of carbonyl (C=O) groups excluding carboxylic acids is 1. The topological polar surface area (TPSA) is 122 Å². The Kier molecular flexibility index (Phi) is 5.33. The predicted octanol–water partition coefficient (Wildman–Crippen LogP) is 2.33. The molecule has 0 spiro atoms. The highest BCUT2D eigenvalue weighted by atomic mass is 32.1. The monoisotopic (exact) mass is 391 g/mol. The van der Waals surface area contributed by atoms with Crippen molar-refractivity contribution in [3.63, 3.8) is 0 Å². The first kappa shape index (κ1) is 18.7. The summed E-state index contributed by atoms with van der Waals surface area (Å²) < 4.78 is 5.84. The molecule has 1 fully saturated rings.